The first-order valence-electron chi connectivity index (χ1n) is 9.66. The van der Waals surface area contributed by atoms with E-state index in [0.29, 0.717) is 55.5 Å². The number of ether oxygens (including phenoxy) is 2. The number of carbonyl (C=O) groups excluding carboxylic acids is 2. The number of piperazine rings is 1. The molecular formula is C22H24ClFN2O4. The van der Waals surface area contributed by atoms with Gasteiger partial charge < -0.3 is 19.3 Å². The standard InChI is InChI=1S/C22H24ClFN2O4/c1-29-19-5-3-4-15(21(19)30-2)6-9-20(27)25-10-12-26(13-11-25)22(28)17-14-16(23)7-8-18(17)24/h3-5,7-8,14H,6,9-13H2,1-2H3. The quantitative estimate of drug-likeness (QED) is 0.699. The predicted molar refractivity (Wildman–Crippen MR) is 112 cm³/mol. The van der Waals surface area contributed by atoms with Crippen LogP contribution in [-0.4, -0.2) is 62.0 Å². The molecule has 1 aliphatic rings. The van der Waals surface area contributed by atoms with Gasteiger partial charge in [-0.25, -0.2) is 4.39 Å². The van der Waals surface area contributed by atoms with E-state index in [9.17, 15) is 14.0 Å². The van der Waals surface area contributed by atoms with Crippen molar-refractivity contribution in [3.63, 3.8) is 0 Å². The molecule has 6 nitrogen and oxygen atoms in total. The molecule has 0 aliphatic carbocycles. The fraction of sp³-hybridized carbons (Fsp3) is 0.364. The number of rotatable bonds is 6. The molecule has 0 saturated carbocycles. The first kappa shape index (κ1) is 21.9. The number of halogens is 2. The number of para-hydroxylation sites is 1. The number of benzene rings is 2. The lowest BCUT2D eigenvalue weighted by atomic mass is 10.1. The molecule has 0 aromatic heterocycles. The maximum atomic E-state index is 14.0. The first-order valence-corrected chi connectivity index (χ1v) is 10.0. The monoisotopic (exact) mass is 434 g/mol. The van der Waals surface area contributed by atoms with Crippen molar-refractivity contribution in [2.45, 2.75) is 12.8 Å². The SMILES string of the molecule is COc1cccc(CCC(=O)N2CCN(C(=O)c3cc(Cl)ccc3F)CC2)c1OC. The summed E-state index contributed by atoms with van der Waals surface area (Å²) in [6.07, 6.45) is 0.840. The van der Waals surface area contributed by atoms with E-state index >= 15 is 0 Å². The Kier molecular flexibility index (Phi) is 7.15. The summed E-state index contributed by atoms with van der Waals surface area (Å²) in [5, 5.41) is 0.307. The van der Waals surface area contributed by atoms with Crippen LogP contribution in [0.3, 0.4) is 0 Å². The van der Waals surface area contributed by atoms with Crippen LogP contribution in [0.25, 0.3) is 0 Å². The van der Waals surface area contributed by atoms with E-state index in [4.69, 9.17) is 21.1 Å². The van der Waals surface area contributed by atoms with Crippen molar-refractivity contribution in [2.24, 2.45) is 0 Å². The highest BCUT2D eigenvalue weighted by Crippen LogP contribution is 2.31. The summed E-state index contributed by atoms with van der Waals surface area (Å²) in [4.78, 5) is 28.5. The molecule has 2 aromatic rings. The molecule has 0 unspecified atom stereocenters. The molecule has 0 bridgehead atoms. The Morgan fingerprint density at radius 2 is 1.73 bits per heavy atom. The maximum absolute atomic E-state index is 14.0. The lowest BCUT2D eigenvalue weighted by Gasteiger charge is -2.35. The van der Waals surface area contributed by atoms with Crippen molar-refractivity contribution in [3.8, 4) is 11.5 Å². The van der Waals surface area contributed by atoms with Gasteiger partial charge in [0.25, 0.3) is 5.91 Å². The summed E-state index contributed by atoms with van der Waals surface area (Å²) >= 11 is 5.88. The molecule has 0 radical (unpaired) electrons. The molecule has 1 aliphatic heterocycles. The third kappa shape index (κ3) is 4.84. The van der Waals surface area contributed by atoms with E-state index in [1.54, 1.807) is 24.0 Å². The molecule has 2 amide bonds. The number of amides is 2. The Labute approximate surface area is 180 Å². The fourth-order valence-corrected chi connectivity index (χ4v) is 3.71. The highest BCUT2D eigenvalue weighted by molar-refractivity contribution is 6.31. The van der Waals surface area contributed by atoms with Gasteiger partial charge in [-0.05, 0) is 36.2 Å². The molecule has 30 heavy (non-hydrogen) atoms. The van der Waals surface area contributed by atoms with E-state index in [0.717, 1.165) is 5.56 Å². The lowest BCUT2D eigenvalue weighted by Crippen LogP contribution is -2.50. The molecule has 3 rings (SSSR count). The number of hydrogen-bond acceptors (Lipinski definition) is 4. The average molecular weight is 435 g/mol. The van der Waals surface area contributed by atoms with Gasteiger partial charge in [0, 0.05) is 37.6 Å². The smallest absolute Gasteiger partial charge is 0.257 e. The first-order chi connectivity index (χ1) is 14.4. The second-order valence-corrected chi connectivity index (χ2v) is 7.39. The summed E-state index contributed by atoms with van der Waals surface area (Å²) < 4.78 is 24.7. The Balaban J connectivity index is 1.56. The van der Waals surface area contributed by atoms with Gasteiger partial charge >= 0.3 is 0 Å². The van der Waals surface area contributed by atoms with Crippen LogP contribution in [0.2, 0.25) is 5.02 Å². The van der Waals surface area contributed by atoms with E-state index < -0.39 is 11.7 Å². The molecule has 1 saturated heterocycles. The minimum Gasteiger partial charge on any atom is -0.493 e. The topological polar surface area (TPSA) is 59.1 Å². The number of hydrogen-bond donors (Lipinski definition) is 0. The van der Waals surface area contributed by atoms with E-state index in [1.165, 1.54) is 18.2 Å². The van der Waals surface area contributed by atoms with Crippen LogP contribution in [-0.2, 0) is 11.2 Å². The number of methoxy groups -OCH3 is 2. The molecule has 0 spiro atoms. The molecule has 2 aromatic carbocycles. The van der Waals surface area contributed by atoms with Gasteiger partial charge in [-0.1, -0.05) is 23.7 Å². The van der Waals surface area contributed by atoms with Crippen LogP contribution in [0.5, 0.6) is 11.5 Å². The third-order valence-electron chi connectivity index (χ3n) is 5.17. The van der Waals surface area contributed by atoms with Crippen LogP contribution < -0.4 is 9.47 Å². The Bertz CT molecular complexity index is 929. The van der Waals surface area contributed by atoms with E-state index in [-0.39, 0.29) is 11.5 Å². The van der Waals surface area contributed by atoms with Crippen molar-refractivity contribution < 1.29 is 23.5 Å². The normalized spacial score (nSPS) is 13.9. The van der Waals surface area contributed by atoms with Gasteiger partial charge in [-0.15, -0.1) is 0 Å². The van der Waals surface area contributed by atoms with Crippen molar-refractivity contribution in [1.29, 1.82) is 0 Å². The van der Waals surface area contributed by atoms with Gasteiger partial charge in [0.05, 0.1) is 19.8 Å². The summed E-state index contributed by atoms with van der Waals surface area (Å²) in [7, 11) is 3.14. The molecule has 160 valence electrons. The van der Waals surface area contributed by atoms with Crippen LogP contribution >= 0.6 is 11.6 Å². The van der Waals surface area contributed by atoms with Gasteiger partial charge in [0.15, 0.2) is 11.5 Å². The lowest BCUT2D eigenvalue weighted by molar-refractivity contribution is -0.132. The fourth-order valence-electron chi connectivity index (χ4n) is 3.54. The number of aryl methyl sites for hydroxylation is 1. The minimum absolute atomic E-state index is 0.000841. The van der Waals surface area contributed by atoms with Crippen LogP contribution in [0.1, 0.15) is 22.3 Å². The summed E-state index contributed by atoms with van der Waals surface area (Å²) in [5.41, 5.74) is 0.850. The minimum atomic E-state index is -0.602. The maximum Gasteiger partial charge on any atom is 0.257 e. The molecule has 0 N–H and O–H groups in total. The molecule has 8 heteroatoms. The molecular weight excluding hydrogens is 411 g/mol. The molecule has 0 atom stereocenters. The van der Waals surface area contributed by atoms with E-state index in [1.807, 2.05) is 18.2 Å². The zero-order valence-corrected chi connectivity index (χ0v) is 17.7. The van der Waals surface area contributed by atoms with Crippen molar-refractivity contribution in [1.82, 2.24) is 9.80 Å². The second kappa shape index (κ2) is 9.80. The zero-order chi connectivity index (χ0) is 21.7. The Morgan fingerprint density at radius 3 is 2.40 bits per heavy atom. The zero-order valence-electron chi connectivity index (χ0n) is 17.0. The van der Waals surface area contributed by atoms with Crippen molar-refractivity contribution in [3.05, 3.63) is 58.4 Å². The van der Waals surface area contributed by atoms with Gasteiger partial charge in [0.1, 0.15) is 5.82 Å². The predicted octanol–water partition coefficient (Wildman–Crippen LogP) is 3.41. The Morgan fingerprint density at radius 1 is 1.03 bits per heavy atom. The molecule has 1 heterocycles. The number of nitrogens with zero attached hydrogens (tertiary/aromatic N) is 2. The summed E-state index contributed by atoms with van der Waals surface area (Å²) in [6, 6.07) is 9.50. The largest absolute Gasteiger partial charge is 0.493 e. The van der Waals surface area contributed by atoms with Crippen LogP contribution in [0.4, 0.5) is 4.39 Å². The number of carbonyl (C=O) groups is 2. The van der Waals surface area contributed by atoms with Gasteiger partial charge in [0.2, 0.25) is 5.91 Å². The highest BCUT2D eigenvalue weighted by Gasteiger charge is 2.26. The second-order valence-electron chi connectivity index (χ2n) is 6.95. The van der Waals surface area contributed by atoms with Gasteiger partial charge in [-0.2, -0.15) is 0 Å². The van der Waals surface area contributed by atoms with Crippen LogP contribution in [0, 0.1) is 5.82 Å². The Hall–Kier alpha value is -2.80. The third-order valence-corrected chi connectivity index (χ3v) is 5.41. The highest BCUT2D eigenvalue weighted by atomic mass is 35.5. The van der Waals surface area contributed by atoms with Crippen LogP contribution in [0.15, 0.2) is 36.4 Å². The van der Waals surface area contributed by atoms with Crippen molar-refractivity contribution >= 4 is 23.4 Å². The van der Waals surface area contributed by atoms with Gasteiger partial charge in [-0.3, -0.25) is 9.59 Å². The molecule has 1 fully saturated rings. The van der Waals surface area contributed by atoms with Crippen molar-refractivity contribution in [2.75, 3.05) is 40.4 Å². The average Bonchev–Trinajstić information content (AvgIpc) is 2.78. The summed E-state index contributed by atoms with van der Waals surface area (Å²) in [6.45, 7) is 1.50. The van der Waals surface area contributed by atoms with E-state index in [2.05, 4.69) is 0 Å². The summed E-state index contributed by atoms with van der Waals surface area (Å²) in [5.74, 6) is 0.244.